The lowest BCUT2D eigenvalue weighted by Gasteiger charge is -2.44. The predicted molar refractivity (Wildman–Crippen MR) is 187 cm³/mol. The maximum Gasteiger partial charge on any atom is 0.338 e. The largest absolute Gasteiger partial charge is 0.452 e. The van der Waals surface area contributed by atoms with Gasteiger partial charge in [-0.2, -0.15) is 8.42 Å². The van der Waals surface area contributed by atoms with Gasteiger partial charge in [0, 0.05) is 0 Å². The zero-order chi connectivity index (χ0) is 35.8. The molecule has 0 unspecified atom stereocenters. The monoisotopic (exact) mass is 708 g/mol. The fourth-order valence-electron chi connectivity index (χ4n) is 6.11. The molecule has 1 fully saturated rings. The van der Waals surface area contributed by atoms with Crippen molar-refractivity contribution < 1.29 is 46.2 Å². The Morgan fingerprint density at radius 3 is 1.37 bits per heavy atom. The van der Waals surface area contributed by atoms with Crippen LogP contribution in [0.15, 0.2) is 152 Å². The number of ether oxygens (including phenoxy) is 4. The van der Waals surface area contributed by atoms with Crippen LogP contribution >= 0.6 is 0 Å². The van der Waals surface area contributed by atoms with E-state index in [-0.39, 0.29) is 17.7 Å². The Morgan fingerprint density at radius 1 is 0.608 bits per heavy atom. The predicted octanol–water partition coefficient (Wildman–Crippen LogP) is 5.51. The summed E-state index contributed by atoms with van der Waals surface area (Å²) in [5, 5.41) is 11.4. The van der Waals surface area contributed by atoms with Gasteiger partial charge in [0.2, 0.25) is 0 Å². The number of esters is 2. The number of benzene rings is 5. The topological polar surface area (TPSA) is 135 Å². The van der Waals surface area contributed by atoms with Crippen LogP contribution in [0.1, 0.15) is 37.4 Å². The standard InChI is InChI=1S/C40H36O10S/c1-51(44,45)50-34-33(27-46-40(30-21-11-4-12-22-30,31-23-13-5-14-24-31)32-25-15-6-16-26-32)47-39(43)36(49-38(42)29-19-9-3-10-20-29)35(34)48-37(41)28-17-7-2-8-18-28/h2-26,33-36,39,43H,27H2,1H3/t33-,34+,35+,36-,39+/m1/s1. The number of rotatable bonds is 12. The van der Waals surface area contributed by atoms with E-state index in [0.717, 1.165) is 22.9 Å². The SMILES string of the molecule is CS(=O)(=O)O[C@@H]1[C@H](OC(=O)c2ccccc2)[C@@H](OC(=O)c2ccccc2)[C@@H](O)O[C@@H]1COC(c1ccccc1)(c1ccccc1)c1ccccc1. The van der Waals surface area contributed by atoms with E-state index in [1.165, 1.54) is 24.3 Å². The second-order valence-electron chi connectivity index (χ2n) is 11.9. The van der Waals surface area contributed by atoms with Crippen LogP contribution in [-0.4, -0.2) is 69.0 Å². The molecule has 262 valence electrons. The van der Waals surface area contributed by atoms with Crippen LogP contribution in [0, 0.1) is 0 Å². The van der Waals surface area contributed by atoms with Crippen molar-refractivity contribution in [2.24, 2.45) is 0 Å². The first-order valence-corrected chi connectivity index (χ1v) is 18.0. The Hall–Kier alpha value is -5.17. The molecule has 1 aliphatic heterocycles. The summed E-state index contributed by atoms with van der Waals surface area (Å²) in [6.45, 7) is -0.380. The van der Waals surface area contributed by atoms with Crippen molar-refractivity contribution in [2.45, 2.75) is 36.3 Å². The fourth-order valence-corrected chi connectivity index (χ4v) is 6.75. The Kier molecular flexibility index (Phi) is 11.0. The van der Waals surface area contributed by atoms with Crippen LogP contribution in [0.5, 0.6) is 0 Å². The first kappa shape index (κ1) is 35.6. The Bertz CT molecular complexity index is 1900. The average Bonchev–Trinajstić information content (AvgIpc) is 3.16. The highest BCUT2D eigenvalue weighted by molar-refractivity contribution is 7.86. The molecule has 0 spiro atoms. The second-order valence-corrected chi connectivity index (χ2v) is 13.5. The molecule has 0 aliphatic carbocycles. The van der Waals surface area contributed by atoms with Crippen molar-refractivity contribution in [3.63, 3.8) is 0 Å². The van der Waals surface area contributed by atoms with Gasteiger partial charge in [0.25, 0.3) is 10.1 Å². The van der Waals surface area contributed by atoms with E-state index in [0.29, 0.717) is 0 Å². The number of hydrogen-bond donors (Lipinski definition) is 1. The van der Waals surface area contributed by atoms with E-state index in [2.05, 4.69) is 0 Å². The van der Waals surface area contributed by atoms with Gasteiger partial charge in [0.05, 0.1) is 24.0 Å². The molecule has 0 aromatic heterocycles. The molecule has 11 heteroatoms. The highest BCUT2D eigenvalue weighted by Gasteiger charge is 2.53. The summed E-state index contributed by atoms with van der Waals surface area (Å²) >= 11 is 0. The van der Waals surface area contributed by atoms with Crippen LogP contribution in [0.4, 0.5) is 0 Å². The summed E-state index contributed by atoms with van der Waals surface area (Å²) in [7, 11) is -4.27. The molecule has 0 amide bonds. The summed E-state index contributed by atoms with van der Waals surface area (Å²) in [5.41, 5.74) is 1.26. The summed E-state index contributed by atoms with van der Waals surface area (Å²) in [4.78, 5) is 26.7. The van der Waals surface area contributed by atoms with Gasteiger partial charge < -0.3 is 24.1 Å². The highest BCUT2D eigenvalue weighted by Crippen LogP contribution is 2.41. The average molecular weight is 709 g/mol. The molecular formula is C40H36O10S. The van der Waals surface area contributed by atoms with Crippen molar-refractivity contribution in [1.82, 2.24) is 0 Å². The summed E-state index contributed by atoms with van der Waals surface area (Å²) < 4.78 is 55.6. The molecule has 1 N–H and O–H groups in total. The van der Waals surface area contributed by atoms with Gasteiger partial charge in [-0.05, 0) is 41.0 Å². The molecule has 0 bridgehead atoms. The van der Waals surface area contributed by atoms with Gasteiger partial charge in [-0.15, -0.1) is 0 Å². The van der Waals surface area contributed by atoms with Crippen LogP contribution in [0.2, 0.25) is 0 Å². The van der Waals surface area contributed by atoms with Crippen molar-refractivity contribution in [3.05, 3.63) is 179 Å². The van der Waals surface area contributed by atoms with E-state index < -0.39 is 58.4 Å². The number of carbonyl (C=O) groups excluding carboxylic acids is 2. The lowest BCUT2D eigenvalue weighted by molar-refractivity contribution is -0.285. The Balaban J connectivity index is 1.42. The minimum absolute atomic E-state index is 0.133. The Morgan fingerprint density at radius 2 is 0.980 bits per heavy atom. The maximum absolute atomic E-state index is 13.5. The fraction of sp³-hybridized carbons (Fsp3) is 0.200. The van der Waals surface area contributed by atoms with Crippen LogP contribution in [-0.2, 0) is 38.8 Å². The molecule has 1 heterocycles. The molecule has 1 aliphatic rings. The molecule has 10 nitrogen and oxygen atoms in total. The third-order valence-electron chi connectivity index (χ3n) is 8.41. The molecular weight excluding hydrogens is 672 g/mol. The Labute approximate surface area is 296 Å². The third kappa shape index (κ3) is 8.25. The molecule has 0 saturated carbocycles. The van der Waals surface area contributed by atoms with E-state index in [9.17, 15) is 23.1 Å². The van der Waals surface area contributed by atoms with E-state index in [1.807, 2.05) is 91.0 Å². The quantitative estimate of drug-likeness (QED) is 0.101. The highest BCUT2D eigenvalue weighted by atomic mass is 32.2. The van der Waals surface area contributed by atoms with Gasteiger partial charge >= 0.3 is 11.9 Å². The third-order valence-corrected chi connectivity index (χ3v) is 8.98. The maximum atomic E-state index is 13.5. The lowest BCUT2D eigenvalue weighted by atomic mass is 9.80. The van der Waals surface area contributed by atoms with Crippen LogP contribution in [0.3, 0.4) is 0 Å². The zero-order valence-electron chi connectivity index (χ0n) is 27.6. The van der Waals surface area contributed by atoms with Crippen molar-refractivity contribution in [1.29, 1.82) is 0 Å². The minimum Gasteiger partial charge on any atom is -0.452 e. The van der Waals surface area contributed by atoms with Crippen molar-refractivity contribution >= 4 is 22.1 Å². The van der Waals surface area contributed by atoms with Crippen molar-refractivity contribution in [2.75, 3.05) is 12.9 Å². The molecule has 5 aromatic carbocycles. The van der Waals surface area contributed by atoms with E-state index in [1.54, 1.807) is 36.4 Å². The second kappa shape index (κ2) is 15.8. The van der Waals surface area contributed by atoms with Gasteiger partial charge in [-0.1, -0.05) is 127 Å². The normalized spacial score (nSPS) is 20.6. The van der Waals surface area contributed by atoms with Gasteiger partial charge in [-0.25, -0.2) is 9.59 Å². The molecule has 6 rings (SSSR count). The number of hydrogen-bond acceptors (Lipinski definition) is 10. The van der Waals surface area contributed by atoms with E-state index >= 15 is 0 Å². The first-order valence-electron chi connectivity index (χ1n) is 16.2. The molecule has 1 saturated heterocycles. The van der Waals surface area contributed by atoms with Crippen LogP contribution < -0.4 is 0 Å². The van der Waals surface area contributed by atoms with Gasteiger partial charge in [0.1, 0.15) is 17.8 Å². The van der Waals surface area contributed by atoms with Crippen LogP contribution in [0.25, 0.3) is 0 Å². The number of aliphatic hydroxyl groups is 1. The summed E-state index contributed by atoms with van der Waals surface area (Å²) in [6.07, 6.45) is -7.43. The van der Waals surface area contributed by atoms with E-state index in [4.69, 9.17) is 23.1 Å². The van der Waals surface area contributed by atoms with Gasteiger partial charge in [0.15, 0.2) is 18.5 Å². The molecule has 5 atom stereocenters. The molecule has 51 heavy (non-hydrogen) atoms. The first-order chi connectivity index (χ1) is 24.7. The zero-order valence-corrected chi connectivity index (χ0v) is 28.4. The molecule has 0 radical (unpaired) electrons. The minimum atomic E-state index is -4.27. The number of carbonyl (C=O) groups is 2. The van der Waals surface area contributed by atoms with Crippen molar-refractivity contribution in [3.8, 4) is 0 Å². The smallest absolute Gasteiger partial charge is 0.338 e. The lowest BCUT2D eigenvalue weighted by Crippen LogP contribution is -2.62. The summed E-state index contributed by atoms with van der Waals surface area (Å²) in [6, 6.07) is 44.3. The van der Waals surface area contributed by atoms with Gasteiger partial charge in [-0.3, -0.25) is 4.18 Å². The summed E-state index contributed by atoms with van der Waals surface area (Å²) in [5.74, 6) is -1.74. The molecule has 5 aromatic rings. The number of aliphatic hydroxyl groups excluding tert-OH is 1.